The predicted octanol–water partition coefficient (Wildman–Crippen LogP) is 3.67. The SMILES string of the molecule is COc1ccc(CN2CCCNC(C(C)(C)C)C2)cc1Br. The van der Waals surface area contributed by atoms with Gasteiger partial charge in [0.05, 0.1) is 11.6 Å². The Balaban J connectivity index is 2.05. The normalized spacial score (nSPS) is 21.1. The first-order valence-electron chi connectivity index (χ1n) is 7.68. The van der Waals surface area contributed by atoms with Crippen molar-refractivity contribution < 1.29 is 4.74 Å². The van der Waals surface area contributed by atoms with Gasteiger partial charge in [-0.2, -0.15) is 0 Å². The van der Waals surface area contributed by atoms with E-state index >= 15 is 0 Å². The zero-order valence-electron chi connectivity index (χ0n) is 13.6. The van der Waals surface area contributed by atoms with Crippen molar-refractivity contribution in [1.29, 1.82) is 0 Å². The Kier molecular flexibility index (Phi) is 5.69. The van der Waals surface area contributed by atoms with Crippen molar-refractivity contribution >= 4 is 15.9 Å². The highest BCUT2D eigenvalue weighted by Gasteiger charge is 2.27. The maximum atomic E-state index is 5.30. The number of nitrogens with zero attached hydrogens (tertiary/aromatic N) is 1. The van der Waals surface area contributed by atoms with Crippen LogP contribution in [0, 0.1) is 5.41 Å². The molecule has 1 unspecified atom stereocenters. The lowest BCUT2D eigenvalue weighted by Crippen LogP contribution is -2.46. The zero-order chi connectivity index (χ0) is 15.5. The fourth-order valence-corrected chi connectivity index (χ4v) is 3.37. The maximum absolute atomic E-state index is 5.30. The summed E-state index contributed by atoms with van der Waals surface area (Å²) in [5.41, 5.74) is 1.63. The Bertz CT molecular complexity index is 470. The molecule has 1 atom stereocenters. The second-order valence-electron chi connectivity index (χ2n) is 6.93. The summed E-state index contributed by atoms with van der Waals surface area (Å²) >= 11 is 3.58. The van der Waals surface area contributed by atoms with Crippen molar-refractivity contribution in [3.05, 3.63) is 28.2 Å². The van der Waals surface area contributed by atoms with E-state index in [0.29, 0.717) is 11.5 Å². The molecule has 0 aromatic heterocycles. The molecule has 0 aliphatic carbocycles. The largest absolute Gasteiger partial charge is 0.496 e. The van der Waals surface area contributed by atoms with E-state index in [-0.39, 0.29) is 0 Å². The first kappa shape index (κ1) is 16.8. The van der Waals surface area contributed by atoms with Gasteiger partial charge in [0.1, 0.15) is 5.75 Å². The van der Waals surface area contributed by atoms with Gasteiger partial charge in [0.15, 0.2) is 0 Å². The van der Waals surface area contributed by atoms with E-state index in [0.717, 1.165) is 36.4 Å². The number of ether oxygens (including phenoxy) is 1. The minimum atomic E-state index is 0.295. The van der Waals surface area contributed by atoms with E-state index in [4.69, 9.17) is 4.74 Å². The van der Waals surface area contributed by atoms with Crippen molar-refractivity contribution in [3.8, 4) is 5.75 Å². The van der Waals surface area contributed by atoms with E-state index in [1.54, 1.807) is 7.11 Å². The summed E-state index contributed by atoms with van der Waals surface area (Å²) in [5.74, 6) is 0.892. The predicted molar refractivity (Wildman–Crippen MR) is 91.8 cm³/mol. The molecule has 4 heteroatoms. The minimum Gasteiger partial charge on any atom is -0.496 e. The summed E-state index contributed by atoms with van der Waals surface area (Å²) in [7, 11) is 1.70. The van der Waals surface area contributed by atoms with E-state index in [1.807, 2.05) is 6.07 Å². The molecular formula is C17H27BrN2O. The van der Waals surface area contributed by atoms with Crippen LogP contribution < -0.4 is 10.1 Å². The first-order valence-corrected chi connectivity index (χ1v) is 8.47. The number of halogens is 1. The quantitative estimate of drug-likeness (QED) is 0.896. The highest BCUT2D eigenvalue weighted by Crippen LogP contribution is 2.27. The molecule has 2 rings (SSSR count). The molecule has 3 nitrogen and oxygen atoms in total. The molecule has 1 aliphatic heterocycles. The molecule has 1 heterocycles. The third kappa shape index (κ3) is 4.70. The third-order valence-corrected chi connectivity index (χ3v) is 4.77. The van der Waals surface area contributed by atoms with Crippen molar-refractivity contribution in [2.75, 3.05) is 26.7 Å². The van der Waals surface area contributed by atoms with Crippen LogP contribution in [0.4, 0.5) is 0 Å². The lowest BCUT2D eigenvalue weighted by molar-refractivity contribution is 0.192. The second kappa shape index (κ2) is 7.12. The topological polar surface area (TPSA) is 24.5 Å². The van der Waals surface area contributed by atoms with Gasteiger partial charge in [-0.3, -0.25) is 4.90 Å². The third-order valence-electron chi connectivity index (χ3n) is 4.15. The lowest BCUT2D eigenvalue weighted by Gasteiger charge is -2.33. The molecule has 1 aromatic carbocycles. The van der Waals surface area contributed by atoms with E-state index in [9.17, 15) is 0 Å². The number of rotatable bonds is 3. The van der Waals surface area contributed by atoms with Gasteiger partial charge in [0.25, 0.3) is 0 Å². The van der Waals surface area contributed by atoms with Gasteiger partial charge < -0.3 is 10.1 Å². The molecule has 1 saturated heterocycles. The van der Waals surface area contributed by atoms with Gasteiger partial charge >= 0.3 is 0 Å². The molecule has 0 amide bonds. The number of benzene rings is 1. The Morgan fingerprint density at radius 1 is 1.38 bits per heavy atom. The summed E-state index contributed by atoms with van der Waals surface area (Å²) in [6, 6.07) is 6.91. The van der Waals surface area contributed by atoms with Crippen molar-refractivity contribution in [3.63, 3.8) is 0 Å². The standard InChI is InChI=1S/C17H27BrN2O/c1-17(2,3)16-12-20(9-5-8-19-16)11-13-6-7-15(21-4)14(18)10-13/h6-7,10,16,19H,5,8-9,11-12H2,1-4H3. The Labute approximate surface area is 137 Å². The van der Waals surface area contributed by atoms with Crippen LogP contribution in [0.5, 0.6) is 5.75 Å². The van der Waals surface area contributed by atoms with Crippen LogP contribution in [0.25, 0.3) is 0 Å². The highest BCUT2D eigenvalue weighted by atomic mass is 79.9. The van der Waals surface area contributed by atoms with Crippen molar-refractivity contribution in [2.45, 2.75) is 39.8 Å². The summed E-state index contributed by atoms with van der Waals surface area (Å²) < 4.78 is 6.33. The van der Waals surface area contributed by atoms with Crippen molar-refractivity contribution in [1.82, 2.24) is 10.2 Å². The van der Waals surface area contributed by atoms with Crippen LogP contribution in [-0.4, -0.2) is 37.7 Å². The molecule has 0 spiro atoms. The average molecular weight is 355 g/mol. The number of nitrogens with one attached hydrogen (secondary N) is 1. The van der Waals surface area contributed by atoms with Crippen LogP contribution >= 0.6 is 15.9 Å². The number of methoxy groups -OCH3 is 1. The van der Waals surface area contributed by atoms with E-state index in [2.05, 4.69) is 59.1 Å². The van der Waals surface area contributed by atoms with Crippen LogP contribution in [0.1, 0.15) is 32.8 Å². The van der Waals surface area contributed by atoms with Gasteiger partial charge in [-0.15, -0.1) is 0 Å². The molecule has 1 N–H and O–H groups in total. The van der Waals surface area contributed by atoms with Crippen molar-refractivity contribution in [2.24, 2.45) is 5.41 Å². The summed E-state index contributed by atoms with van der Waals surface area (Å²) in [4.78, 5) is 2.56. The molecule has 0 bridgehead atoms. The van der Waals surface area contributed by atoms with Crippen LogP contribution in [0.15, 0.2) is 22.7 Å². The molecular weight excluding hydrogens is 328 g/mol. The smallest absolute Gasteiger partial charge is 0.133 e. The summed E-state index contributed by atoms with van der Waals surface area (Å²) in [6.07, 6.45) is 1.21. The van der Waals surface area contributed by atoms with E-state index in [1.165, 1.54) is 12.0 Å². The molecule has 21 heavy (non-hydrogen) atoms. The Hall–Kier alpha value is -0.580. The summed E-state index contributed by atoms with van der Waals surface area (Å²) in [5, 5.41) is 3.70. The summed E-state index contributed by atoms with van der Waals surface area (Å²) in [6.45, 7) is 11.3. The van der Waals surface area contributed by atoms with Gasteiger partial charge in [-0.05, 0) is 58.6 Å². The second-order valence-corrected chi connectivity index (χ2v) is 7.78. The van der Waals surface area contributed by atoms with Gasteiger partial charge in [0.2, 0.25) is 0 Å². The Morgan fingerprint density at radius 3 is 2.76 bits per heavy atom. The molecule has 118 valence electrons. The Morgan fingerprint density at radius 2 is 2.14 bits per heavy atom. The molecule has 1 aliphatic rings. The fourth-order valence-electron chi connectivity index (χ4n) is 2.78. The average Bonchev–Trinajstić information content (AvgIpc) is 2.64. The minimum absolute atomic E-state index is 0.295. The highest BCUT2D eigenvalue weighted by molar-refractivity contribution is 9.10. The van der Waals surface area contributed by atoms with Crippen LogP contribution in [0.2, 0.25) is 0 Å². The van der Waals surface area contributed by atoms with Gasteiger partial charge in [-0.1, -0.05) is 26.8 Å². The maximum Gasteiger partial charge on any atom is 0.133 e. The lowest BCUT2D eigenvalue weighted by atomic mass is 9.86. The molecule has 1 aromatic rings. The first-order chi connectivity index (χ1) is 9.90. The number of hydrogen-bond donors (Lipinski definition) is 1. The van der Waals surface area contributed by atoms with Crippen LogP contribution in [0.3, 0.4) is 0 Å². The monoisotopic (exact) mass is 354 g/mol. The van der Waals surface area contributed by atoms with E-state index < -0.39 is 0 Å². The zero-order valence-corrected chi connectivity index (χ0v) is 15.2. The molecule has 0 radical (unpaired) electrons. The number of hydrogen-bond acceptors (Lipinski definition) is 3. The molecule has 0 saturated carbocycles. The van der Waals surface area contributed by atoms with Gasteiger partial charge in [0, 0.05) is 19.1 Å². The van der Waals surface area contributed by atoms with Crippen LogP contribution in [-0.2, 0) is 6.54 Å². The van der Waals surface area contributed by atoms with Gasteiger partial charge in [-0.25, -0.2) is 0 Å². The fraction of sp³-hybridized carbons (Fsp3) is 0.647. The molecule has 1 fully saturated rings.